The third-order valence-corrected chi connectivity index (χ3v) is 5.05. The van der Waals surface area contributed by atoms with Crippen LogP contribution in [0.1, 0.15) is 78.2 Å². The molecule has 1 rings (SSSR count). The third-order valence-electron chi connectivity index (χ3n) is 5.05. The molecule has 2 amide bonds. The van der Waals surface area contributed by atoms with Crippen LogP contribution in [0.4, 0.5) is 0 Å². The monoisotopic (exact) mass is 460 g/mol. The minimum absolute atomic E-state index is 0.0133. The molecule has 1 aromatic rings. The van der Waals surface area contributed by atoms with E-state index in [9.17, 15) is 9.59 Å². The Hall–Kier alpha value is -1.92. The van der Waals surface area contributed by atoms with Gasteiger partial charge in [0.2, 0.25) is 5.91 Å². The molecule has 3 N–H and O–H groups in total. The lowest BCUT2D eigenvalue weighted by Crippen LogP contribution is -2.42. The fourth-order valence-corrected chi connectivity index (χ4v) is 3.06. The highest BCUT2D eigenvalue weighted by Gasteiger charge is 2.21. The molecule has 0 bridgehead atoms. The average Bonchev–Trinajstić information content (AvgIpc) is 2.68. The van der Waals surface area contributed by atoms with E-state index in [2.05, 4.69) is 57.5 Å². The molecule has 33 heavy (non-hydrogen) atoms. The summed E-state index contributed by atoms with van der Waals surface area (Å²) in [4.78, 5) is 27.2. The first-order chi connectivity index (χ1) is 15.1. The molecule has 0 radical (unpaired) electrons. The van der Waals surface area contributed by atoms with Crippen LogP contribution in [0.2, 0.25) is 0 Å². The summed E-state index contributed by atoms with van der Waals surface area (Å²) in [5.41, 5.74) is 1.66. The summed E-state index contributed by atoms with van der Waals surface area (Å²) in [7, 11) is 0. The fourth-order valence-electron chi connectivity index (χ4n) is 3.06. The number of nitrogens with one attached hydrogen (secondary N) is 3. The second-order valence-corrected chi connectivity index (χ2v) is 12.4. The molecule has 0 saturated carbocycles. The SMILES string of the molecule is CC(C)(C)CNCCN(CCNCC(C)(C)C)C(=O)c1ccc(CNC(=O)C(C)(C)C)cc1. The number of hydrogen-bond acceptors (Lipinski definition) is 4. The molecular formula is C27H48N4O2. The molecule has 0 unspecified atom stereocenters. The molecule has 1 aromatic carbocycles. The van der Waals surface area contributed by atoms with Crippen molar-refractivity contribution >= 4 is 11.8 Å². The van der Waals surface area contributed by atoms with Gasteiger partial charge in [-0.15, -0.1) is 0 Å². The average molecular weight is 461 g/mol. The van der Waals surface area contributed by atoms with Gasteiger partial charge in [-0.3, -0.25) is 9.59 Å². The summed E-state index contributed by atoms with van der Waals surface area (Å²) in [5.74, 6) is 0.0507. The van der Waals surface area contributed by atoms with Gasteiger partial charge in [-0.2, -0.15) is 0 Å². The van der Waals surface area contributed by atoms with Crippen LogP contribution in [0, 0.1) is 16.2 Å². The molecule has 0 heterocycles. The smallest absolute Gasteiger partial charge is 0.253 e. The Kier molecular flexibility index (Phi) is 11.0. The summed E-state index contributed by atoms with van der Waals surface area (Å²) in [6, 6.07) is 7.56. The topological polar surface area (TPSA) is 73.5 Å². The molecule has 0 spiro atoms. The Balaban J connectivity index is 2.73. The summed E-state index contributed by atoms with van der Waals surface area (Å²) < 4.78 is 0. The van der Waals surface area contributed by atoms with Gasteiger partial charge in [0.25, 0.3) is 5.91 Å². The maximum atomic E-state index is 13.2. The number of amides is 2. The Morgan fingerprint density at radius 2 is 1.21 bits per heavy atom. The molecule has 6 heteroatoms. The van der Waals surface area contributed by atoms with Crippen LogP contribution in [0.25, 0.3) is 0 Å². The molecule has 6 nitrogen and oxygen atoms in total. The normalized spacial score (nSPS) is 12.5. The van der Waals surface area contributed by atoms with Crippen molar-refractivity contribution in [2.45, 2.75) is 68.9 Å². The first-order valence-electron chi connectivity index (χ1n) is 12.2. The van der Waals surface area contributed by atoms with Crippen LogP contribution in [0.3, 0.4) is 0 Å². The van der Waals surface area contributed by atoms with Gasteiger partial charge in [0.15, 0.2) is 0 Å². The number of nitrogens with zero attached hydrogens (tertiary/aromatic N) is 1. The summed E-state index contributed by atoms with van der Waals surface area (Å²) in [5, 5.41) is 9.89. The Labute approximate surface area is 202 Å². The summed E-state index contributed by atoms with van der Waals surface area (Å²) in [6.07, 6.45) is 0. The lowest BCUT2D eigenvalue weighted by Gasteiger charge is -2.26. The van der Waals surface area contributed by atoms with Crippen molar-refractivity contribution in [1.29, 1.82) is 0 Å². The van der Waals surface area contributed by atoms with Crippen molar-refractivity contribution < 1.29 is 9.59 Å². The fraction of sp³-hybridized carbons (Fsp3) is 0.704. The van der Waals surface area contributed by atoms with Gasteiger partial charge in [0.05, 0.1) is 0 Å². The van der Waals surface area contributed by atoms with Crippen molar-refractivity contribution in [3.05, 3.63) is 35.4 Å². The van der Waals surface area contributed by atoms with Gasteiger partial charge in [-0.05, 0) is 28.5 Å². The highest BCUT2D eigenvalue weighted by Crippen LogP contribution is 2.14. The van der Waals surface area contributed by atoms with Gasteiger partial charge >= 0.3 is 0 Å². The lowest BCUT2D eigenvalue weighted by molar-refractivity contribution is -0.128. The van der Waals surface area contributed by atoms with E-state index in [1.807, 2.05) is 49.9 Å². The number of rotatable bonds is 11. The van der Waals surface area contributed by atoms with E-state index in [-0.39, 0.29) is 22.6 Å². The summed E-state index contributed by atoms with van der Waals surface area (Å²) in [6.45, 7) is 24.0. The van der Waals surface area contributed by atoms with Crippen molar-refractivity contribution in [2.75, 3.05) is 39.3 Å². The second-order valence-electron chi connectivity index (χ2n) is 12.4. The zero-order valence-electron chi connectivity index (χ0n) is 22.5. The van der Waals surface area contributed by atoms with Crippen molar-refractivity contribution in [1.82, 2.24) is 20.9 Å². The van der Waals surface area contributed by atoms with Gasteiger partial charge < -0.3 is 20.9 Å². The maximum absolute atomic E-state index is 13.2. The molecule has 0 atom stereocenters. The maximum Gasteiger partial charge on any atom is 0.253 e. The van der Waals surface area contributed by atoms with Gasteiger partial charge in [0.1, 0.15) is 0 Å². The van der Waals surface area contributed by atoms with Crippen LogP contribution in [-0.4, -0.2) is 56.0 Å². The van der Waals surface area contributed by atoms with Crippen LogP contribution < -0.4 is 16.0 Å². The standard InChI is InChI=1S/C27H48N4O2/c1-25(2,3)19-28-14-16-31(17-15-29-20-26(4,5)6)23(32)22-12-10-21(11-13-22)18-30-24(33)27(7,8)9/h10-13,28-29H,14-20H2,1-9H3,(H,30,33). The predicted octanol–water partition coefficient (Wildman–Crippen LogP) is 4.06. The van der Waals surface area contributed by atoms with E-state index in [1.54, 1.807) is 0 Å². The van der Waals surface area contributed by atoms with Gasteiger partial charge in [-0.25, -0.2) is 0 Å². The van der Waals surface area contributed by atoms with Gasteiger partial charge in [-0.1, -0.05) is 74.4 Å². The van der Waals surface area contributed by atoms with Crippen molar-refractivity contribution in [2.24, 2.45) is 16.2 Å². The van der Waals surface area contributed by atoms with E-state index >= 15 is 0 Å². The number of benzene rings is 1. The minimum Gasteiger partial charge on any atom is -0.352 e. The molecule has 0 aliphatic heterocycles. The highest BCUT2D eigenvalue weighted by atomic mass is 16.2. The second kappa shape index (κ2) is 12.5. The van der Waals surface area contributed by atoms with Crippen molar-refractivity contribution in [3.8, 4) is 0 Å². The lowest BCUT2D eigenvalue weighted by atomic mass is 9.95. The van der Waals surface area contributed by atoms with Crippen LogP contribution in [0.15, 0.2) is 24.3 Å². The third kappa shape index (κ3) is 12.8. The van der Waals surface area contributed by atoms with Crippen molar-refractivity contribution in [3.63, 3.8) is 0 Å². The highest BCUT2D eigenvalue weighted by molar-refractivity contribution is 5.94. The quantitative estimate of drug-likeness (QED) is 0.435. The Bertz CT molecular complexity index is 715. The van der Waals surface area contributed by atoms with E-state index in [0.717, 1.165) is 31.7 Å². The zero-order valence-corrected chi connectivity index (χ0v) is 22.5. The summed E-state index contributed by atoms with van der Waals surface area (Å²) >= 11 is 0. The Morgan fingerprint density at radius 1 is 0.758 bits per heavy atom. The number of hydrogen-bond donors (Lipinski definition) is 3. The Morgan fingerprint density at radius 3 is 1.61 bits per heavy atom. The first-order valence-corrected chi connectivity index (χ1v) is 12.2. The zero-order chi connectivity index (χ0) is 25.3. The minimum atomic E-state index is -0.418. The largest absolute Gasteiger partial charge is 0.352 e. The molecule has 0 saturated heterocycles. The molecular weight excluding hydrogens is 412 g/mol. The van der Waals surface area contributed by atoms with E-state index in [0.29, 0.717) is 25.2 Å². The molecule has 0 fully saturated rings. The first kappa shape index (κ1) is 29.1. The molecule has 0 aliphatic carbocycles. The molecule has 0 aliphatic rings. The van der Waals surface area contributed by atoms with Gasteiger partial charge in [0, 0.05) is 56.8 Å². The van der Waals surface area contributed by atoms with Crippen LogP contribution in [-0.2, 0) is 11.3 Å². The predicted molar refractivity (Wildman–Crippen MR) is 138 cm³/mol. The number of carbonyl (C=O) groups excluding carboxylic acids is 2. The van der Waals surface area contributed by atoms with Crippen LogP contribution >= 0.6 is 0 Å². The van der Waals surface area contributed by atoms with E-state index in [1.165, 1.54) is 0 Å². The van der Waals surface area contributed by atoms with E-state index < -0.39 is 5.41 Å². The molecule has 0 aromatic heterocycles. The molecule has 188 valence electrons. The van der Waals surface area contributed by atoms with Crippen LogP contribution in [0.5, 0.6) is 0 Å². The number of carbonyl (C=O) groups is 2. The van der Waals surface area contributed by atoms with E-state index in [4.69, 9.17) is 0 Å².